The van der Waals surface area contributed by atoms with Gasteiger partial charge in [0.2, 0.25) is 5.91 Å². The van der Waals surface area contributed by atoms with Gasteiger partial charge in [-0.1, -0.05) is 18.2 Å². The van der Waals surface area contributed by atoms with Crippen LogP contribution in [0.1, 0.15) is 40.5 Å². The number of benzene rings is 1. The molecule has 1 atom stereocenters. The number of hydrogen-bond donors (Lipinski definition) is 2. The molecular formula is C20H23N3O4. The van der Waals surface area contributed by atoms with Gasteiger partial charge in [0, 0.05) is 24.7 Å². The molecule has 2 N–H and O–H groups in total. The third-order valence-electron chi connectivity index (χ3n) is 4.67. The third-order valence-corrected chi connectivity index (χ3v) is 4.67. The third kappa shape index (κ3) is 4.75. The minimum absolute atomic E-state index is 0.00870. The maximum Gasteiger partial charge on any atom is 0.255 e. The van der Waals surface area contributed by atoms with E-state index in [1.54, 1.807) is 25.1 Å². The summed E-state index contributed by atoms with van der Waals surface area (Å²) in [7, 11) is 0. The van der Waals surface area contributed by atoms with Crippen LogP contribution in [0.3, 0.4) is 0 Å². The second kappa shape index (κ2) is 8.53. The van der Waals surface area contributed by atoms with Gasteiger partial charge in [0.15, 0.2) is 0 Å². The fraction of sp³-hybridized carbons (Fsp3) is 0.350. The summed E-state index contributed by atoms with van der Waals surface area (Å²) < 4.78 is 4.87. The van der Waals surface area contributed by atoms with Gasteiger partial charge in [-0.15, -0.1) is 0 Å². The summed E-state index contributed by atoms with van der Waals surface area (Å²) in [5.41, 5.74) is 1.05. The first-order valence-electron chi connectivity index (χ1n) is 9.02. The second-order valence-electron chi connectivity index (χ2n) is 6.65. The molecule has 3 amide bonds. The Morgan fingerprint density at radius 1 is 1.07 bits per heavy atom. The van der Waals surface area contributed by atoms with Gasteiger partial charge in [0.25, 0.3) is 11.8 Å². The van der Waals surface area contributed by atoms with Crippen molar-refractivity contribution in [2.75, 3.05) is 13.1 Å². The van der Waals surface area contributed by atoms with Crippen molar-refractivity contribution >= 4 is 17.7 Å². The maximum atomic E-state index is 12.5. The van der Waals surface area contributed by atoms with E-state index in [2.05, 4.69) is 10.6 Å². The van der Waals surface area contributed by atoms with Gasteiger partial charge in [0.05, 0.1) is 11.8 Å². The number of nitrogens with zero attached hydrogens (tertiary/aromatic N) is 1. The Hall–Kier alpha value is -3.09. The number of likely N-dealkylation sites (tertiary alicyclic amines) is 1. The van der Waals surface area contributed by atoms with E-state index >= 15 is 0 Å². The van der Waals surface area contributed by atoms with Crippen LogP contribution in [0.15, 0.2) is 53.3 Å². The quantitative estimate of drug-likeness (QED) is 0.841. The monoisotopic (exact) mass is 369 g/mol. The van der Waals surface area contributed by atoms with Crippen molar-refractivity contribution in [1.29, 1.82) is 0 Å². The molecule has 7 nitrogen and oxygen atoms in total. The molecule has 0 bridgehead atoms. The van der Waals surface area contributed by atoms with E-state index in [-0.39, 0.29) is 23.8 Å². The SMILES string of the molecule is C[C@H](NC(=O)c1ccoc1)C(=O)NC1CCN(C(=O)c2ccccc2)CC1. The van der Waals surface area contributed by atoms with Crippen molar-refractivity contribution in [3.05, 3.63) is 60.1 Å². The normalized spacial score (nSPS) is 15.8. The average Bonchev–Trinajstić information content (AvgIpc) is 3.23. The van der Waals surface area contributed by atoms with E-state index in [0.717, 1.165) is 0 Å². The molecule has 1 saturated heterocycles. The van der Waals surface area contributed by atoms with Crippen LogP contribution in [0.2, 0.25) is 0 Å². The molecular weight excluding hydrogens is 346 g/mol. The zero-order chi connectivity index (χ0) is 19.2. The number of hydrogen-bond acceptors (Lipinski definition) is 4. The van der Waals surface area contributed by atoms with Crippen LogP contribution in [0.4, 0.5) is 0 Å². The van der Waals surface area contributed by atoms with Gasteiger partial charge >= 0.3 is 0 Å². The van der Waals surface area contributed by atoms with Gasteiger partial charge in [-0.2, -0.15) is 0 Å². The Bertz CT molecular complexity index is 781. The lowest BCUT2D eigenvalue weighted by molar-refractivity contribution is -0.123. The molecule has 1 fully saturated rings. The summed E-state index contributed by atoms with van der Waals surface area (Å²) in [5, 5.41) is 5.60. The van der Waals surface area contributed by atoms with Crippen LogP contribution >= 0.6 is 0 Å². The zero-order valence-corrected chi connectivity index (χ0v) is 15.2. The number of carbonyl (C=O) groups excluding carboxylic acids is 3. The van der Waals surface area contributed by atoms with E-state index in [9.17, 15) is 14.4 Å². The molecule has 3 rings (SSSR count). The van der Waals surface area contributed by atoms with Gasteiger partial charge < -0.3 is 20.0 Å². The molecule has 0 radical (unpaired) electrons. The van der Waals surface area contributed by atoms with E-state index in [1.165, 1.54) is 12.5 Å². The average molecular weight is 369 g/mol. The summed E-state index contributed by atoms with van der Waals surface area (Å²) >= 11 is 0. The zero-order valence-electron chi connectivity index (χ0n) is 15.2. The molecule has 142 valence electrons. The Kier molecular flexibility index (Phi) is 5.90. The summed E-state index contributed by atoms with van der Waals surface area (Å²) in [6.07, 6.45) is 4.11. The minimum Gasteiger partial charge on any atom is -0.472 e. The smallest absolute Gasteiger partial charge is 0.255 e. The maximum absolute atomic E-state index is 12.5. The first-order valence-corrected chi connectivity index (χ1v) is 9.02. The predicted molar refractivity (Wildman–Crippen MR) is 99.1 cm³/mol. The number of amides is 3. The molecule has 0 aliphatic carbocycles. The first kappa shape index (κ1) is 18.7. The van der Waals surface area contributed by atoms with Crippen LogP contribution in [-0.2, 0) is 4.79 Å². The first-order chi connectivity index (χ1) is 13.0. The number of piperidine rings is 1. The highest BCUT2D eigenvalue weighted by molar-refractivity contribution is 5.97. The summed E-state index contributed by atoms with van der Waals surface area (Å²) in [4.78, 5) is 38.6. The summed E-state index contributed by atoms with van der Waals surface area (Å²) in [5.74, 6) is -0.574. The second-order valence-corrected chi connectivity index (χ2v) is 6.65. The molecule has 0 unspecified atom stereocenters. The van der Waals surface area contributed by atoms with Crippen molar-refractivity contribution < 1.29 is 18.8 Å². The fourth-order valence-corrected chi connectivity index (χ4v) is 3.06. The molecule has 1 aliphatic rings. The predicted octanol–water partition coefficient (Wildman–Crippen LogP) is 1.82. The van der Waals surface area contributed by atoms with Crippen molar-refractivity contribution in [3.63, 3.8) is 0 Å². The molecule has 0 spiro atoms. The largest absolute Gasteiger partial charge is 0.472 e. The number of furan rings is 1. The number of nitrogens with one attached hydrogen (secondary N) is 2. The van der Waals surface area contributed by atoms with Gasteiger partial charge in [-0.3, -0.25) is 14.4 Å². The van der Waals surface area contributed by atoms with Crippen molar-refractivity contribution in [2.24, 2.45) is 0 Å². The molecule has 2 heterocycles. The van der Waals surface area contributed by atoms with Gasteiger partial charge in [0.1, 0.15) is 12.3 Å². The Morgan fingerprint density at radius 3 is 2.41 bits per heavy atom. The van der Waals surface area contributed by atoms with Crippen LogP contribution < -0.4 is 10.6 Å². The van der Waals surface area contributed by atoms with Crippen LogP contribution in [0.5, 0.6) is 0 Å². The van der Waals surface area contributed by atoms with Crippen LogP contribution in [0.25, 0.3) is 0 Å². The lowest BCUT2D eigenvalue weighted by Crippen LogP contribution is -2.51. The Morgan fingerprint density at radius 2 is 1.78 bits per heavy atom. The van der Waals surface area contributed by atoms with Gasteiger partial charge in [-0.05, 0) is 38.0 Å². The highest BCUT2D eigenvalue weighted by Crippen LogP contribution is 2.14. The van der Waals surface area contributed by atoms with Gasteiger partial charge in [-0.25, -0.2) is 0 Å². The highest BCUT2D eigenvalue weighted by atomic mass is 16.3. The Balaban J connectivity index is 1.45. The molecule has 7 heteroatoms. The Labute approximate surface area is 157 Å². The van der Waals surface area contributed by atoms with E-state index in [0.29, 0.717) is 37.1 Å². The highest BCUT2D eigenvalue weighted by Gasteiger charge is 2.26. The number of carbonyl (C=O) groups is 3. The van der Waals surface area contributed by atoms with E-state index in [4.69, 9.17) is 4.42 Å². The minimum atomic E-state index is -0.656. The van der Waals surface area contributed by atoms with E-state index in [1.807, 2.05) is 23.1 Å². The number of rotatable bonds is 5. The molecule has 1 aromatic carbocycles. The van der Waals surface area contributed by atoms with Crippen LogP contribution in [-0.4, -0.2) is 47.8 Å². The lowest BCUT2D eigenvalue weighted by atomic mass is 10.0. The molecule has 0 saturated carbocycles. The molecule has 1 aliphatic heterocycles. The van der Waals surface area contributed by atoms with Crippen molar-refractivity contribution in [2.45, 2.75) is 31.8 Å². The fourth-order valence-electron chi connectivity index (χ4n) is 3.06. The standard InChI is InChI=1S/C20H23N3O4/c1-14(21-19(25)16-9-12-27-13-16)18(24)22-17-7-10-23(11-8-17)20(26)15-5-3-2-4-6-15/h2-6,9,12-14,17H,7-8,10-11H2,1H3,(H,21,25)(H,22,24)/t14-/m0/s1. The lowest BCUT2D eigenvalue weighted by Gasteiger charge is -2.33. The topological polar surface area (TPSA) is 91.7 Å². The van der Waals surface area contributed by atoms with Crippen molar-refractivity contribution in [3.8, 4) is 0 Å². The molecule has 27 heavy (non-hydrogen) atoms. The van der Waals surface area contributed by atoms with Crippen molar-refractivity contribution in [1.82, 2.24) is 15.5 Å². The van der Waals surface area contributed by atoms with Crippen LogP contribution in [0, 0.1) is 0 Å². The summed E-state index contributed by atoms with van der Waals surface area (Å²) in [6, 6.07) is 10.1. The molecule has 1 aromatic heterocycles. The van der Waals surface area contributed by atoms with E-state index < -0.39 is 6.04 Å². The summed E-state index contributed by atoms with van der Waals surface area (Å²) in [6.45, 7) is 2.82. The molecule has 2 aromatic rings.